The minimum absolute atomic E-state index is 0.0167. The highest BCUT2D eigenvalue weighted by Crippen LogP contribution is 2.31. The van der Waals surface area contributed by atoms with Crippen molar-refractivity contribution in [3.63, 3.8) is 0 Å². The van der Waals surface area contributed by atoms with E-state index in [1.807, 2.05) is 17.0 Å². The minimum atomic E-state index is -0.473. The lowest BCUT2D eigenvalue weighted by atomic mass is 9.85. The van der Waals surface area contributed by atoms with Crippen LogP contribution in [-0.2, 0) is 4.79 Å². The molecule has 5 rings (SSSR count). The van der Waals surface area contributed by atoms with E-state index in [-0.39, 0.29) is 29.5 Å². The van der Waals surface area contributed by atoms with Gasteiger partial charge in [-0.25, -0.2) is 9.18 Å². The molecule has 2 aliphatic heterocycles. The number of nitrogens with one attached hydrogen (secondary N) is 2. The number of hydrogen-bond donors (Lipinski definition) is 2. The molecule has 2 N–H and O–H groups in total. The van der Waals surface area contributed by atoms with Gasteiger partial charge in [0.05, 0.1) is 11.3 Å². The summed E-state index contributed by atoms with van der Waals surface area (Å²) in [5, 5.41) is 5.63. The first kappa shape index (κ1) is 24.1. The van der Waals surface area contributed by atoms with Gasteiger partial charge in [-0.1, -0.05) is 18.6 Å². The zero-order valence-corrected chi connectivity index (χ0v) is 20.3. The van der Waals surface area contributed by atoms with Crippen LogP contribution in [-0.4, -0.2) is 66.9 Å². The molecule has 3 aliphatic rings. The number of hydrogen-bond acceptors (Lipinski definition) is 4. The highest BCUT2D eigenvalue weighted by molar-refractivity contribution is 6.02. The van der Waals surface area contributed by atoms with Crippen molar-refractivity contribution in [2.45, 2.75) is 32.1 Å². The summed E-state index contributed by atoms with van der Waals surface area (Å²) in [6.07, 6.45) is 4.90. The third-order valence-corrected chi connectivity index (χ3v) is 7.39. The summed E-state index contributed by atoms with van der Waals surface area (Å²) >= 11 is 0. The molecule has 0 atom stereocenters. The van der Waals surface area contributed by atoms with Gasteiger partial charge in [0, 0.05) is 56.6 Å². The largest absolute Gasteiger partial charge is 0.367 e. The Bertz CT molecular complexity index is 1140. The Kier molecular flexibility index (Phi) is 7.06. The Morgan fingerprint density at radius 1 is 0.806 bits per heavy atom. The van der Waals surface area contributed by atoms with Crippen molar-refractivity contribution in [1.82, 2.24) is 9.80 Å². The van der Waals surface area contributed by atoms with Crippen molar-refractivity contribution >= 4 is 34.9 Å². The summed E-state index contributed by atoms with van der Waals surface area (Å²) in [6, 6.07) is 11.3. The molecule has 3 fully saturated rings. The summed E-state index contributed by atoms with van der Waals surface area (Å²) < 4.78 is 13.9. The van der Waals surface area contributed by atoms with Gasteiger partial charge in [-0.05, 0) is 56.0 Å². The molecule has 0 spiro atoms. The standard InChI is InChI=1S/C27H32FN5O3/c28-22-8-1-2-9-23(22)30-27(36)33-16-14-31(15-17-33)24-11-10-20(29-25(34)19-6-5-7-19)18-21(24)26(35)32-12-3-4-13-32/h1-2,8-11,18-19H,3-7,12-17H2,(H,29,34)(H,30,36). The first-order valence-corrected chi connectivity index (χ1v) is 12.8. The SMILES string of the molecule is O=C(Nc1ccc(N2CCN(C(=O)Nc3ccccc3F)CC2)c(C(=O)N2CCCC2)c1)C1CCC1. The van der Waals surface area contributed by atoms with Crippen LogP contribution >= 0.6 is 0 Å². The molecule has 1 aliphatic carbocycles. The van der Waals surface area contributed by atoms with E-state index in [0.29, 0.717) is 37.4 Å². The summed E-state index contributed by atoms with van der Waals surface area (Å²) in [7, 11) is 0. The first-order valence-electron chi connectivity index (χ1n) is 12.8. The topological polar surface area (TPSA) is 85.0 Å². The monoisotopic (exact) mass is 493 g/mol. The highest BCUT2D eigenvalue weighted by Gasteiger charge is 2.29. The van der Waals surface area contributed by atoms with Gasteiger partial charge in [0.1, 0.15) is 5.82 Å². The number of benzene rings is 2. The fraction of sp³-hybridized carbons (Fsp3) is 0.444. The lowest BCUT2D eigenvalue weighted by Crippen LogP contribution is -2.50. The second kappa shape index (κ2) is 10.6. The molecule has 0 radical (unpaired) electrons. The Balaban J connectivity index is 1.29. The molecule has 4 amide bonds. The number of carbonyl (C=O) groups is 3. The number of nitrogens with zero attached hydrogens (tertiary/aromatic N) is 3. The van der Waals surface area contributed by atoms with Crippen molar-refractivity contribution in [3.05, 3.63) is 53.8 Å². The van der Waals surface area contributed by atoms with Crippen LogP contribution in [0.3, 0.4) is 0 Å². The van der Waals surface area contributed by atoms with Crippen LogP contribution in [0.1, 0.15) is 42.5 Å². The van der Waals surface area contributed by atoms with E-state index in [9.17, 15) is 18.8 Å². The molecular formula is C27H32FN5O3. The van der Waals surface area contributed by atoms with Crippen LogP contribution in [0.15, 0.2) is 42.5 Å². The summed E-state index contributed by atoms with van der Waals surface area (Å²) in [5.74, 6) is -0.421. The quantitative estimate of drug-likeness (QED) is 0.655. The lowest BCUT2D eigenvalue weighted by Gasteiger charge is -2.37. The van der Waals surface area contributed by atoms with Gasteiger partial charge in [0.15, 0.2) is 0 Å². The molecule has 0 aromatic heterocycles. The van der Waals surface area contributed by atoms with Crippen LogP contribution in [0.5, 0.6) is 0 Å². The Hall–Kier alpha value is -3.62. The normalized spacial score (nSPS) is 18.1. The molecular weight excluding hydrogens is 461 g/mol. The summed E-state index contributed by atoms with van der Waals surface area (Å²) in [4.78, 5) is 44.2. The molecule has 2 heterocycles. The van der Waals surface area contributed by atoms with E-state index in [1.165, 1.54) is 12.1 Å². The average Bonchev–Trinajstić information content (AvgIpc) is 3.39. The van der Waals surface area contributed by atoms with Gasteiger partial charge in [0.25, 0.3) is 5.91 Å². The maximum Gasteiger partial charge on any atom is 0.322 e. The first-order chi connectivity index (χ1) is 17.5. The van der Waals surface area contributed by atoms with E-state index in [0.717, 1.165) is 50.9 Å². The smallest absolute Gasteiger partial charge is 0.322 e. The summed E-state index contributed by atoms with van der Waals surface area (Å²) in [6.45, 7) is 3.44. The average molecular weight is 494 g/mol. The fourth-order valence-electron chi connectivity index (χ4n) is 4.97. The summed E-state index contributed by atoms with van der Waals surface area (Å²) in [5.41, 5.74) is 2.18. The Morgan fingerprint density at radius 2 is 1.53 bits per heavy atom. The third-order valence-electron chi connectivity index (χ3n) is 7.39. The van der Waals surface area contributed by atoms with Gasteiger partial charge in [0.2, 0.25) is 5.91 Å². The van der Waals surface area contributed by atoms with E-state index < -0.39 is 5.82 Å². The molecule has 2 saturated heterocycles. The third kappa shape index (κ3) is 5.15. The van der Waals surface area contributed by atoms with Crippen molar-refractivity contribution in [1.29, 1.82) is 0 Å². The number of anilines is 3. The number of piperazine rings is 1. The van der Waals surface area contributed by atoms with E-state index in [1.54, 1.807) is 23.1 Å². The highest BCUT2D eigenvalue weighted by atomic mass is 19.1. The van der Waals surface area contributed by atoms with Crippen LogP contribution in [0.4, 0.5) is 26.2 Å². The molecule has 2 aromatic rings. The second-order valence-electron chi connectivity index (χ2n) is 9.73. The van der Waals surface area contributed by atoms with Gasteiger partial charge in [-0.2, -0.15) is 0 Å². The minimum Gasteiger partial charge on any atom is -0.367 e. The molecule has 1 saturated carbocycles. The van der Waals surface area contributed by atoms with Gasteiger partial charge >= 0.3 is 6.03 Å². The zero-order chi connectivity index (χ0) is 25.1. The van der Waals surface area contributed by atoms with Crippen molar-refractivity contribution < 1.29 is 18.8 Å². The van der Waals surface area contributed by atoms with Gasteiger partial charge in [-0.15, -0.1) is 0 Å². The van der Waals surface area contributed by atoms with Crippen molar-refractivity contribution in [2.75, 3.05) is 54.8 Å². The number of halogens is 1. The molecule has 9 heteroatoms. The maximum atomic E-state index is 13.9. The molecule has 0 bridgehead atoms. The predicted molar refractivity (Wildman–Crippen MR) is 137 cm³/mol. The van der Waals surface area contributed by atoms with E-state index >= 15 is 0 Å². The number of rotatable bonds is 5. The van der Waals surface area contributed by atoms with Crippen LogP contribution < -0.4 is 15.5 Å². The number of para-hydroxylation sites is 1. The molecule has 8 nitrogen and oxygen atoms in total. The van der Waals surface area contributed by atoms with Gasteiger partial charge < -0.3 is 25.3 Å². The maximum absolute atomic E-state index is 13.9. The van der Waals surface area contributed by atoms with E-state index in [4.69, 9.17) is 0 Å². The fourth-order valence-corrected chi connectivity index (χ4v) is 4.97. The Morgan fingerprint density at radius 3 is 2.19 bits per heavy atom. The molecule has 190 valence electrons. The van der Waals surface area contributed by atoms with Crippen LogP contribution in [0.25, 0.3) is 0 Å². The lowest BCUT2D eigenvalue weighted by molar-refractivity contribution is -0.122. The molecule has 36 heavy (non-hydrogen) atoms. The van der Waals surface area contributed by atoms with Crippen LogP contribution in [0.2, 0.25) is 0 Å². The number of urea groups is 1. The van der Waals surface area contributed by atoms with Crippen molar-refractivity contribution in [2.24, 2.45) is 5.92 Å². The number of likely N-dealkylation sites (tertiary alicyclic amines) is 1. The second-order valence-corrected chi connectivity index (χ2v) is 9.73. The molecule has 0 unspecified atom stereocenters. The number of carbonyl (C=O) groups excluding carboxylic acids is 3. The number of amides is 4. The van der Waals surface area contributed by atoms with Gasteiger partial charge in [-0.3, -0.25) is 9.59 Å². The van der Waals surface area contributed by atoms with Crippen LogP contribution in [0, 0.1) is 11.7 Å². The van der Waals surface area contributed by atoms with E-state index in [2.05, 4.69) is 15.5 Å². The van der Waals surface area contributed by atoms with Crippen molar-refractivity contribution in [3.8, 4) is 0 Å². The zero-order valence-electron chi connectivity index (χ0n) is 20.3. The Labute approximate surface area is 210 Å². The predicted octanol–water partition coefficient (Wildman–Crippen LogP) is 4.15. The molecule has 2 aromatic carbocycles.